The van der Waals surface area contributed by atoms with Gasteiger partial charge in [0.2, 0.25) is 0 Å². The zero-order valence-corrected chi connectivity index (χ0v) is 12.0. The van der Waals surface area contributed by atoms with Gasteiger partial charge in [-0.05, 0) is 30.0 Å². The summed E-state index contributed by atoms with van der Waals surface area (Å²) in [4.78, 5) is 12.3. The first-order valence-electron chi connectivity index (χ1n) is 7.31. The summed E-state index contributed by atoms with van der Waals surface area (Å²) in [6.07, 6.45) is 6.50. The first-order valence-corrected chi connectivity index (χ1v) is 7.31. The molecule has 0 N–H and O–H groups in total. The number of nitrogens with zero attached hydrogens (tertiary/aromatic N) is 1. The summed E-state index contributed by atoms with van der Waals surface area (Å²) in [7, 11) is 1.59. The summed E-state index contributed by atoms with van der Waals surface area (Å²) >= 11 is 0. The minimum absolute atomic E-state index is 0.0349. The van der Waals surface area contributed by atoms with Gasteiger partial charge in [-0.2, -0.15) is 5.26 Å². The largest absolute Gasteiger partial charge is 0.497 e. The fourth-order valence-corrected chi connectivity index (χ4v) is 2.94. The molecule has 1 aromatic rings. The van der Waals surface area contributed by atoms with E-state index in [1.54, 1.807) is 13.2 Å². The predicted molar refractivity (Wildman–Crippen MR) is 77.5 cm³/mol. The van der Waals surface area contributed by atoms with Crippen LogP contribution in [0.5, 0.6) is 5.75 Å². The van der Waals surface area contributed by atoms with Gasteiger partial charge in [-0.25, -0.2) is 0 Å². The highest BCUT2D eigenvalue weighted by atomic mass is 16.5. The average Bonchev–Trinajstić information content (AvgIpc) is 2.99. The molecular formula is C17H21NO2. The Hall–Kier alpha value is -1.82. The standard InChI is InChI=1S/C17H21NO2/c1-20-15-8-4-7-14(11-15)16(12-18)17(19)10-9-13-5-2-3-6-13/h4,7-8,11,13,16H,2-3,5-6,9-10H2,1H3. The minimum atomic E-state index is -0.661. The van der Waals surface area contributed by atoms with E-state index >= 15 is 0 Å². The quantitative estimate of drug-likeness (QED) is 0.789. The molecule has 1 aliphatic rings. The lowest BCUT2D eigenvalue weighted by atomic mass is 9.90. The first kappa shape index (κ1) is 14.6. The third kappa shape index (κ3) is 3.60. The SMILES string of the molecule is COc1cccc(C(C#N)C(=O)CCC2CCCC2)c1. The molecule has 20 heavy (non-hydrogen) atoms. The van der Waals surface area contributed by atoms with Crippen molar-refractivity contribution < 1.29 is 9.53 Å². The molecule has 0 radical (unpaired) electrons. The van der Waals surface area contributed by atoms with E-state index in [0.29, 0.717) is 18.1 Å². The molecule has 0 amide bonds. The summed E-state index contributed by atoms with van der Waals surface area (Å²) in [6, 6.07) is 9.38. The van der Waals surface area contributed by atoms with E-state index in [-0.39, 0.29) is 5.78 Å². The maximum atomic E-state index is 12.3. The fourth-order valence-electron chi connectivity index (χ4n) is 2.94. The summed E-state index contributed by atoms with van der Waals surface area (Å²) in [5.41, 5.74) is 0.739. The van der Waals surface area contributed by atoms with E-state index in [0.717, 1.165) is 12.0 Å². The van der Waals surface area contributed by atoms with E-state index in [2.05, 4.69) is 6.07 Å². The fraction of sp³-hybridized carbons (Fsp3) is 0.529. The number of carbonyl (C=O) groups is 1. The van der Waals surface area contributed by atoms with Crippen LogP contribution in [0.2, 0.25) is 0 Å². The van der Waals surface area contributed by atoms with Crippen molar-refractivity contribution in [2.45, 2.75) is 44.4 Å². The molecule has 0 aromatic heterocycles. The lowest BCUT2D eigenvalue weighted by Crippen LogP contribution is -2.12. The van der Waals surface area contributed by atoms with E-state index in [1.165, 1.54) is 25.7 Å². The van der Waals surface area contributed by atoms with Crippen LogP contribution in [0, 0.1) is 17.2 Å². The highest BCUT2D eigenvalue weighted by molar-refractivity contribution is 5.88. The van der Waals surface area contributed by atoms with Crippen LogP contribution in [0.15, 0.2) is 24.3 Å². The molecular weight excluding hydrogens is 250 g/mol. The van der Waals surface area contributed by atoms with Gasteiger partial charge >= 0.3 is 0 Å². The van der Waals surface area contributed by atoms with Crippen molar-refractivity contribution in [3.05, 3.63) is 29.8 Å². The Balaban J connectivity index is 1.99. The Morgan fingerprint density at radius 3 is 2.85 bits per heavy atom. The number of ketones is 1. The second-order valence-electron chi connectivity index (χ2n) is 5.49. The molecule has 0 heterocycles. The van der Waals surface area contributed by atoms with Crippen LogP contribution < -0.4 is 4.74 Å². The number of ether oxygens (including phenoxy) is 1. The van der Waals surface area contributed by atoms with Crippen LogP contribution in [-0.4, -0.2) is 12.9 Å². The van der Waals surface area contributed by atoms with Crippen molar-refractivity contribution in [3.8, 4) is 11.8 Å². The zero-order valence-electron chi connectivity index (χ0n) is 12.0. The number of benzene rings is 1. The first-order chi connectivity index (χ1) is 9.74. The van der Waals surface area contributed by atoms with Crippen LogP contribution in [0.4, 0.5) is 0 Å². The number of hydrogen-bond acceptors (Lipinski definition) is 3. The molecule has 0 aliphatic heterocycles. The van der Waals surface area contributed by atoms with Crippen LogP contribution in [-0.2, 0) is 4.79 Å². The Kier molecular flexibility index (Phi) is 5.17. The molecule has 0 saturated heterocycles. The van der Waals surface area contributed by atoms with Gasteiger partial charge in [-0.15, -0.1) is 0 Å². The monoisotopic (exact) mass is 271 g/mol. The van der Waals surface area contributed by atoms with Gasteiger partial charge in [0.05, 0.1) is 13.2 Å². The van der Waals surface area contributed by atoms with Crippen molar-refractivity contribution in [1.82, 2.24) is 0 Å². The van der Waals surface area contributed by atoms with Crippen LogP contribution in [0.25, 0.3) is 0 Å². The molecule has 106 valence electrons. The number of hydrogen-bond donors (Lipinski definition) is 0. The molecule has 1 atom stereocenters. The lowest BCUT2D eigenvalue weighted by molar-refractivity contribution is -0.119. The average molecular weight is 271 g/mol. The number of rotatable bonds is 6. The second-order valence-corrected chi connectivity index (χ2v) is 5.49. The maximum Gasteiger partial charge on any atom is 0.154 e. The summed E-state index contributed by atoms with van der Waals surface area (Å²) in [6.45, 7) is 0. The van der Waals surface area contributed by atoms with Gasteiger partial charge in [0.15, 0.2) is 5.78 Å². The smallest absolute Gasteiger partial charge is 0.154 e. The molecule has 3 heteroatoms. The maximum absolute atomic E-state index is 12.3. The molecule has 2 rings (SSSR count). The van der Waals surface area contributed by atoms with Crippen LogP contribution in [0.3, 0.4) is 0 Å². The highest BCUT2D eigenvalue weighted by Gasteiger charge is 2.22. The number of Topliss-reactive ketones (excluding diaryl/α,β-unsaturated/α-hetero) is 1. The Morgan fingerprint density at radius 1 is 1.45 bits per heavy atom. The van der Waals surface area contributed by atoms with E-state index in [4.69, 9.17) is 4.74 Å². The molecule has 1 aromatic carbocycles. The van der Waals surface area contributed by atoms with Gasteiger partial charge in [-0.1, -0.05) is 37.8 Å². The molecule has 1 saturated carbocycles. The van der Waals surface area contributed by atoms with E-state index < -0.39 is 5.92 Å². The Morgan fingerprint density at radius 2 is 2.20 bits per heavy atom. The number of carbonyl (C=O) groups excluding carboxylic acids is 1. The van der Waals surface area contributed by atoms with E-state index in [1.807, 2.05) is 18.2 Å². The lowest BCUT2D eigenvalue weighted by Gasteiger charge is -2.12. The topological polar surface area (TPSA) is 50.1 Å². The third-order valence-electron chi connectivity index (χ3n) is 4.15. The van der Waals surface area contributed by atoms with Crippen molar-refractivity contribution in [2.24, 2.45) is 5.92 Å². The van der Waals surface area contributed by atoms with Gasteiger partial charge < -0.3 is 4.74 Å². The molecule has 0 spiro atoms. The van der Waals surface area contributed by atoms with Crippen molar-refractivity contribution in [3.63, 3.8) is 0 Å². The zero-order chi connectivity index (χ0) is 14.4. The van der Waals surface area contributed by atoms with E-state index in [9.17, 15) is 10.1 Å². The minimum Gasteiger partial charge on any atom is -0.497 e. The third-order valence-corrected chi connectivity index (χ3v) is 4.15. The Bertz CT molecular complexity index is 498. The molecule has 1 unspecified atom stereocenters. The Labute approximate surface area is 120 Å². The number of nitriles is 1. The van der Waals surface area contributed by atoms with Crippen molar-refractivity contribution >= 4 is 5.78 Å². The van der Waals surface area contributed by atoms with Crippen LogP contribution in [0.1, 0.15) is 50.0 Å². The van der Waals surface area contributed by atoms with Crippen LogP contribution >= 0.6 is 0 Å². The van der Waals surface area contributed by atoms with Gasteiger partial charge in [0.25, 0.3) is 0 Å². The highest BCUT2D eigenvalue weighted by Crippen LogP contribution is 2.30. The normalized spacial score (nSPS) is 16.6. The number of methoxy groups -OCH3 is 1. The summed E-state index contributed by atoms with van der Waals surface area (Å²) in [5.74, 6) is 0.745. The molecule has 1 aliphatic carbocycles. The second kappa shape index (κ2) is 7.09. The summed E-state index contributed by atoms with van der Waals surface area (Å²) < 4.78 is 5.15. The molecule has 0 bridgehead atoms. The van der Waals surface area contributed by atoms with Gasteiger partial charge in [0.1, 0.15) is 11.7 Å². The van der Waals surface area contributed by atoms with Gasteiger partial charge in [-0.3, -0.25) is 4.79 Å². The van der Waals surface area contributed by atoms with Crippen molar-refractivity contribution in [1.29, 1.82) is 5.26 Å². The van der Waals surface area contributed by atoms with Gasteiger partial charge in [0, 0.05) is 6.42 Å². The molecule has 3 nitrogen and oxygen atoms in total. The van der Waals surface area contributed by atoms with Crippen molar-refractivity contribution in [2.75, 3.05) is 7.11 Å². The summed E-state index contributed by atoms with van der Waals surface area (Å²) in [5, 5.41) is 9.29. The predicted octanol–water partition coefficient (Wildman–Crippen LogP) is 3.84. The molecule has 1 fully saturated rings.